The molecule has 1 aromatic carbocycles. The van der Waals surface area contributed by atoms with Crippen molar-refractivity contribution in [1.82, 2.24) is 9.55 Å². The molecule has 0 amide bonds. The van der Waals surface area contributed by atoms with Crippen LogP contribution in [0.1, 0.15) is 24.5 Å². The van der Waals surface area contributed by atoms with E-state index in [2.05, 4.69) is 9.98 Å². The number of rotatable bonds is 6. The molecule has 2 rings (SSSR count). The van der Waals surface area contributed by atoms with E-state index in [4.69, 9.17) is 5.11 Å². The van der Waals surface area contributed by atoms with Gasteiger partial charge in [-0.3, -0.25) is 19.3 Å². The Morgan fingerprint density at radius 2 is 1.96 bits per heavy atom. The summed E-state index contributed by atoms with van der Waals surface area (Å²) < 4.78 is 1.09. The summed E-state index contributed by atoms with van der Waals surface area (Å²) in [7, 11) is 0. The number of aromatic nitrogens is 2. The first kappa shape index (κ1) is 16.7. The minimum atomic E-state index is -0.679. The fourth-order valence-electron chi connectivity index (χ4n) is 2.20. The van der Waals surface area contributed by atoms with E-state index in [1.165, 1.54) is 0 Å². The van der Waals surface area contributed by atoms with Crippen LogP contribution in [0.5, 0.6) is 5.88 Å². The summed E-state index contributed by atoms with van der Waals surface area (Å²) >= 11 is 0. The van der Waals surface area contributed by atoms with Crippen molar-refractivity contribution >= 4 is 5.71 Å². The number of aliphatic hydroxyl groups is 1. The van der Waals surface area contributed by atoms with Crippen LogP contribution in [0.4, 0.5) is 0 Å². The third-order valence-corrected chi connectivity index (χ3v) is 3.38. The van der Waals surface area contributed by atoms with Crippen molar-refractivity contribution in [3.63, 3.8) is 0 Å². The Kier molecular flexibility index (Phi) is 5.48. The minimum Gasteiger partial charge on any atom is -0.494 e. The highest BCUT2D eigenvalue weighted by Gasteiger charge is 2.16. The average molecular weight is 317 g/mol. The van der Waals surface area contributed by atoms with Gasteiger partial charge in [-0.1, -0.05) is 30.3 Å². The monoisotopic (exact) mass is 317 g/mol. The highest BCUT2D eigenvalue weighted by Crippen LogP contribution is 2.13. The van der Waals surface area contributed by atoms with Crippen LogP contribution >= 0.6 is 0 Å². The standard InChI is InChI=1S/C16H19N3O4/c1-11(17-8-5-9-20)13-14(21)18-16(23)19(15(13)22)10-12-6-3-2-4-7-12/h2-4,6-7,20,22H,5,8-10H2,1H3,(H,18,21,23). The van der Waals surface area contributed by atoms with E-state index in [1.54, 1.807) is 6.92 Å². The van der Waals surface area contributed by atoms with E-state index in [9.17, 15) is 14.7 Å². The number of hydrogen-bond acceptors (Lipinski definition) is 5. The summed E-state index contributed by atoms with van der Waals surface area (Å²) in [6, 6.07) is 9.14. The van der Waals surface area contributed by atoms with Crippen molar-refractivity contribution in [2.24, 2.45) is 4.99 Å². The zero-order chi connectivity index (χ0) is 16.8. The van der Waals surface area contributed by atoms with Crippen LogP contribution in [-0.4, -0.2) is 38.6 Å². The molecule has 3 N–H and O–H groups in total. The molecule has 0 aliphatic carbocycles. The lowest BCUT2D eigenvalue weighted by molar-refractivity contribution is 0.291. The van der Waals surface area contributed by atoms with Crippen molar-refractivity contribution in [3.8, 4) is 5.88 Å². The highest BCUT2D eigenvalue weighted by molar-refractivity contribution is 6.00. The number of H-pyrrole nitrogens is 1. The summed E-state index contributed by atoms with van der Waals surface area (Å²) in [5.41, 5.74) is -0.249. The average Bonchev–Trinajstić information content (AvgIpc) is 2.52. The molecule has 0 aliphatic heterocycles. The molecule has 23 heavy (non-hydrogen) atoms. The summed E-state index contributed by atoms with van der Waals surface area (Å²) in [6.45, 7) is 2.05. The maximum atomic E-state index is 12.0. The SMILES string of the molecule is CC(=NCCCO)c1c(O)n(Cc2ccccc2)c(=O)[nH]c1=O. The number of aromatic hydroxyl groups is 1. The second kappa shape index (κ2) is 7.55. The number of nitrogens with zero attached hydrogens (tertiary/aromatic N) is 2. The van der Waals surface area contributed by atoms with Gasteiger partial charge in [0.25, 0.3) is 5.56 Å². The molecule has 0 spiro atoms. The molecule has 0 aliphatic rings. The van der Waals surface area contributed by atoms with Crippen molar-refractivity contribution in [3.05, 3.63) is 62.3 Å². The van der Waals surface area contributed by atoms with E-state index in [1.807, 2.05) is 30.3 Å². The van der Waals surface area contributed by atoms with Crippen LogP contribution in [0.15, 0.2) is 44.9 Å². The molecule has 7 nitrogen and oxygen atoms in total. The van der Waals surface area contributed by atoms with Gasteiger partial charge in [0.05, 0.1) is 6.54 Å². The lowest BCUT2D eigenvalue weighted by Gasteiger charge is -2.11. The van der Waals surface area contributed by atoms with Gasteiger partial charge in [0.15, 0.2) is 0 Å². The third kappa shape index (κ3) is 3.95. The Morgan fingerprint density at radius 1 is 1.26 bits per heavy atom. The molecule has 0 atom stereocenters. The van der Waals surface area contributed by atoms with Gasteiger partial charge in [-0.15, -0.1) is 0 Å². The molecule has 122 valence electrons. The van der Waals surface area contributed by atoms with E-state index in [0.29, 0.717) is 18.7 Å². The number of hydrogen-bond donors (Lipinski definition) is 3. The quantitative estimate of drug-likeness (QED) is 0.532. The predicted octanol–water partition coefficient (Wildman–Crippen LogP) is 0.482. The van der Waals surface area contributed by atoms with Crippen LogP contribution in [0.3, 0.4) is 0 Å². The van der Waals surface area contributed by atoms with Gasteiger partial charge in [-0.25, -0.2) is 4.79 Å². The predicted molar refractivity (Wildman–Crippen MR) is 87.3 cm³/mol. The fourth-order valence-corrected chi connectivity index (χ4v) is 2.20. The Hall–Kier alpha value is -2.67. The highest BCUT2D eigenvalue weighted by atomic mass is 16.3. The van der Waals surface area contributed by atoms with Crippen molar-refractivity contribution in [1.29, 1.82) is 0 Å². The van der Waals surface area contributed by atoms with E-state index < -0.39 is 17.1 Å². The van der Waals surface area contributed by atoms with Gasteiger partial charge in [0, 0.05) is 18.9 Å². The Labute approximate surface area is 132 Å². The molecular formula is C16H19N3O4. The van der Waals surface area contributed by atoms with Gasteiger partial charge in [-0.05, 0) is 18.9 Å². The molecule has 0 fully saturated rings. The number of aromatic amines is 1. The van der Waals surface area contributed by atoms with Gasteiger partial charge < -0.3 is 10.2 Å². The van der Waals surface area contributed by atoms with Crippen molar-refractivity contribution < 1.29 is 10.2 Å². The topological polar surface area (TPSA) is 108 Å². The molecule has 1 aromatic heterocycles. The number of aliphatic imine (C=N–C) groups is 1. The van der Waals surface area contributed by atoms with Gasteiger partial charge >= 0.3 is 5.69 Å². The zero-order valence-electron chi connectivity index (χ0n) is 12.8. The summed E-state index contributed by atoms with van der Waals surface area (Å²) in [4.78, 5) is 30.3. The fraction of sp³-hybridized carbons (Fsp3) is 0.312. The zero-order valence-corrected chi connectivity index (χ0v) is 12.8. The van der Waals surface area contributed by atoms with Crippen LogP contribution in [-0.2, 0) is 6.54 Å². The normalized spacial score (nSPS) is 11.7. The van der Waals surface area contributed by atoms with Crippen molar-refractivity contribution in [2.75, 3.05) is 13.2 Å². The maximum Gasteiger partial charge on any atom is 0.331 e. The second-order valence-corrected chi connectivity index (χ2v) is 5.07. The van der Waals surface area contributed by atoms with E-state index >= 15 is 0 Å². The first-order chi connectivity index (χ1) is 11.0. The molecule has 0 unspecified atom stereocenters. The van der Waals surface area contributed by atoms with E-state index in [-0.39, 0.29) is 18.7 Å². The molecule has 0 radical (unpaired) electrons. The minimum absolute atomic E-state index is 0.00732. The number of benzene rings is 1. The summed E-state index contributed by atoms with van der Waals surface area (Å²) in [6.07, 6.45) is 0.458. The molecule has 7 heteroatoms. The Morgan fingerprint density at radius 3 is 2.61 bits per heavy atom. The third-order valence-electron chi connectivity index (χ3n) is 3.38. The lowest BCUT2D eigenvalue weighted by Crippen LogP contribution is -2.33. The summed E-state index contributed by atoms with van der Waals surface area (Å²) in [5.74, 6) is -0.409. The van der Waals surface area contributed by atoms with Crippen LogP contribution in [0, 0.1) is 0 Å². The number of nitrogens with one attached hydrogen (secondary N) is 1. The van der Waals surface area contributed by atoms with E-state index in [0.717, 1.165) is 10.1 Å². The van der Waals surface area contributed by atoms with Crippen LogP contribution in [0.2, 0.25) is 0 Å². The van der Waals surface area contributed by atoms with Gasteiger partial charge in [-0.2, -0.15) is 0 Å². The number of aliphatic hydroxyl groups excluding tert-OH is 1. The first-order valence-electron chi connectivity index (χ1n) is 7.27. The summed E-state index contributed by atoms with van der Waals surface area (Å²) in [5, 5.41) is 19.1. The van der Waals surface area contributed by atoms with Crippen LogP contribution < -0.4 is 11.2 Å². The molecule has 2 aromatic rings. The molecule has 0 bridgehead atoms. The van der Waals surface area contributed by atoms with Crippen molar-refractivity contribution in [2.45, 2.75) is 19.9 Å². The van der Waals surface area contributed by atoms with Gasteiger partial charge in [0.2, 0.25) is 5.88 Å². The Bertz CT molecular complexity index is 806. The van der Waals surface area contributed by atoms with Gasteiger partial charge in [0.1, 0.15) is 5.56 Å². The second-order valence-electron chi connectivity index (χ2n) is 5.07. The maximum absolute atomic E-state index is 12.0. The first-order valence-corrected chi connectivity index (χ1v) is 7.27. The molecule has 0 saturated carbocycles. The lowest BCUT2D eigenvalue weighted by atomic mass is 10.2. The molecule has 0 saturated heterocycles. The Balaban J connectivity index is 2.45. The smallest absolute Gasteiger partial charge is 0.331 e. The van der Waals surface area contributed by atoms with Crippen LogP contribution in [0.25, 0.3) is 0 Å². The molecular weight excluding hydrogens is 298 g/mol. The molecule has 1 heterocycles. The largest absolute Gasteiger partial charge is 0.494 e.